The van der Waals surface area contributed by atoms with E-state index in [0.717, 1.165) is 37.0 Å². The molecule has 0 aromatic rings. The van der Waals surface area contributed by atoms with Crippen LogP contribution >= 0.6 is 0 Å². The molecule has 3 fully saturated rings. The van der Waals surface area contributed by atoms with Gasteiger partial charge in [0.2, 0.25) is 0 Å². The lowest BCUT2D eigenvalue weighted by Crippen LogP contribution is -2.34. The Hall–Kier alpha value is -0.0800. The molecular formula is C16H29NO. The molecule has 2 aliphatic carbocycles. The number of hydrogen-bond acceptors (Lipinski definition) is 2. The van der Waals surface area contributed by atoms with Crippen LogP contribution in [-0.4, -0.2) is 25.8 Å². The van der Waals surface area contributed by atoms with Crippen LogP contribution in [0.2, 0.25) is 0 Å². The fourth-order valence-electron chi connectivity index (χ4n) is 4.38. The zero-order chi connectivity index (χ0) is 12.2. The summed E-state index contributed by atoms with van der Waals surface area (Å²) in [4.78, 5) is 0. The minimum atomic E-state index is 0.881. The first-order chi connectivity index (χ1) is 8.92. The van der Waals surface area contributed by atoms with Gasteiger partial charge in [0.25, 0.3) is 0 Å². The van der Waals surface area contributed by atoms with Crippen LogP contribution in [0.1, 0.15) is 57.8 Å². The van der Waals surface area contributed by atoms with Gasteiger partial charge in [0.15, 0.2) is 0 Å². The molecule has 0 amide bonds. The monoisotopic (exact) mass is 251 g/mol. The van der Waals surface area contributed by atoms with E-state index in [-0.39, 0.29) is 0 Å². The van der Waals surface area contributed by atoms with Crippen molar-refractivity contribution >= 4 is 0 Å². The number of fused-ring (bicyclic) bond motifs is 2. The molecular weight excluding hydrogens is 222 g/mol. The molecule has 0 radical (unpaired) electrons. The van der Waals surface area contributed by atoms with E-state index >= 15 is 0 Å². The first-order valence-corrected chi connectivity index (χ1v) is 8.23. The van der Waals surface area contributed by atoms with Crippen molar-refractivity contribution in [2.45, 2.75) is 63.8 Å². The second-order valence-electron chi connectivity index (χ2n) is 6.79. The van der Waals surface area contributed by atoms with E-state index in [2.05, 4.69) is 5.32 Å². The third kappa shape index (κ3) is 3.27. The maximum atomic E-state index is 5.41. The van der Waals surface area contributed by atoms with E-state index in [1.165, 1.54) is 64.3 Å². The SMILES string of the molecule is C(CCC1CCOCC1)CNC1CC2CCC1C2. The average Bonchev–Trinajstić information content (AvgIpc) is 3.02. The van der Waals surface area contributed by atoms with E-state index in [1.807, 2.05) is 0 Å². The van der Waals surface area contributed by atoms with Crippen molar-refractivity contribution in [3.05, 3.63) is 0 Å². The molecule has 2 saturated carbocycles. The first-order valence-electron chi connectivity index (χ1n) is 8.23. The van der Waals surface area contributed by atoms with Crippen LogP contribution in [-0.2, 0) is 4.74 Å². The molecule has 3 aliphatic rings. The topological polar surface area (TPSA) is 21.3 Å². The Morgan fingerprint density at radius 2 is 1.83 bits per heavy atom. The zero-order valence-electron chi connectivity index (χ0n) is 11.7. The Morgan fingerprint density at radius 3 is 2.56 bits per heavy atom. The molecule has 2 heteroatoms. The molecule has 3 rings (SSSR count). The summed E-state index contributed by atoms with van der Waals surface area (Å²) < 4.78 is 5.41. The maximum absolute atomic E-state index is 5.41. The highest BCUT2D eigenvalue weighted by Crippen LogP contribution is 2.44. The lowest BCUT2D eigenvalue weighted by Gasteiger charge is -2.24. The maximum Gasteiger partial charge on any atom is 0.0468 e. The summed E-state index contributed by atoms with van der Waals surface area (Å²) in [5.41, 5.74) is 0. The second-order valence-corrected chi connectivity index (χ2v) is 6.79. The number of ether oxygens (including phenoxy) is 1. The van der Waals surface area contributed by atoms with E-state index in [0.29, 0.717) is 0 Å². The third-order valence-electron chi connectivity index (χ3n) is 5.52. The van der Waals surface area contributed by atoms with Gasteiger partial charge in [0.1, 0.15) is 0 Å². The van der Waals surface area contributed by atoms with Crippen LogP contribution in [0.25, 0.3) is 0 Å². The van der Waals surface area contributed by atoms with Crippen molar-refractivity contribution in [3.8, 4) is 0 Å². The Bertz CT molecular complexity index is 249. The number of rotatable bonds is 6. The van der Waals surface area contributed by atoms with Gasteiger partial charge in [-0.2, -0.15) is 0 Å². The molecule has 1 N–H and O–H groups in total. The summed E-state index contributed by atoms with van der Waals surface area (Å²) in [6, 6.07) is 0.881. The third-order valence-corrected chi connectivity index (χ3v) is 5.52. The number of hydrogen-bond donors (Lipinski definition) is 1. The predicted octanol–water partition coefficient (Wildman–Crippen LogP) is 3.36. The van der Waals surface area contributed by atoms with Crippen LogP contribution in [0.4, 0.5) is 0 Å². The molecule has 18 heavy (non-hydrogen) atoms. The van der Waals surface area contributed by atoms with E-state index < -0.39 is 0 Å². The molecule has 3 atom stereocenters. The molecule has 2 bridgehead atoms. The van der Waals surface area contributed by atoms with Gasteiger partial charge in [-0.15, -0.1) is 0 Å². The van der Waals surface area contributed by atoms with Crippen LogP contribution in [0.15, 0.2) is 0 Å². The van der Waals surface area contributed by atoms with Crippen molar-refractivity contribution in [1.29, 1.82) is 0 Å². The molecule has 3 unspecified atom stereocenters. The average molecular weight is 251 g/mol. The van der Waals surface area contributed by atoms with E-state index in [9.17, 15) is 0 Å². The number of unbranched alkanes of at least 4 members (excludes halogenated alkanes) is 1. The summed E-state index contributed by atoms with van der Waals surface area (Å²) in [5, 5.41) is 3.83. The Kier molecular flexibility index (Phi) is 4.58. The molecule has 1 saturated heterocycles. The summed E-state index contributed by atoms with van der Waals surface area (Å²) in [7, 11) is 0. The minimum Gasteiger partial charge on any atom is -0.381 e. The molecule has 1 heterocycles. The van der Waals surface area contributed by atoms with Crippen molar-refractivity contribution in [2.24, 2.45) is 17.8 Å². The van der Waals surface area contributed by atoms with Gasteiger partial charge in [0.05, 0.1) is 0 Å². The van der Waals surface area contributed by atoms with Crippen molar-refractivity contribution in [1.82, 2.24) is 5.32 Å². The largest absolute Gasteiger partial charge is 0.381 e. The summed E-state index contributed by atoms with van der Waals surface area (Å²) in [6.45, 7) is 3.28. The standard InChI is InChI=1S/C16H29NO/c1(3-13-6-9-18-10-7-13)2-8-17-16-12-14-4-5-15(16)11-14/h13-17H,1-12H2. The fourth-order valence-corrected chi connectivity index (χ4v) is 4.38. The first kappa shape index (κ1) is 12.9. The fraction of sp³-hybridized carbons (Fsp3) is 1.00. The van der Waals surface area contributed by atoms with Gasteiger partial charge >= 0.3 is 0 Å². The van der Waals surface area contributed by atoms with Gasteiger partial charge in [0, 0.05) is 19.3 Å². The smallest absolute Gasteiger partial charge is 0.0468 e. The minimum absolute atomic E-state index is 0.881. The van der Waals surface area contributed by atoms with Gasteiger partial charge in [-0.05, 0) is 62.8 Å². The lowest BCUT2D eigenvalue weighted by atomic mass is 9.93. The van der Waals surface area contributed by atoms with Crippen LogP contribution < -0.4 is 5.32 Å². The Labute approximate surface area is 112 Å². The van der Waals surface area contributed by atoms with Gasteiger partial charge in [-0.3, -0.25) is 0 Å². The van der Waals surface area contributed by atoms with Crippen molar-refractivity contribution < 1.29 is 4.74 Å². The molecule has 1 aliphatic heterocycles. The summed E-state index contributed by atoms with van der Waals surface area (Å²) in [5.74, 6) is 3.07. The van der Waals surface area contributed by atoms with Gasteiger partial charge in [-0.25, -0.2) is 0 Å². The highest BCUT2D eigenvalue weighted by Gasteiger charge is 2.38. The Balaban J connectivity index is 1.22. The zero-order valence-corrected chi connectivity index (χ0v) is 11.7. The second kappa shape index (κ2) is 6.38. The van der Waals surface area contributed by atoms with Crippen molar-refractivity contribution in [2.75, 3.05) is 19.8 Å². The quantitative estimate of drug-likeness (QED) is 0.731. The van der Waals surface area contributed by atoms with E-state index in [4.69, 9.17) is 4.74 Å². The predicted molar refractivity (Wildman–Crippen MR) is 74.6 cm³/mol. The summed E-state index contributed by atoms with van der Waals surface area (Å²) >= 11 is 0. The molecule has 104 valence electrons. The van der Waals surface area contributed by atoms with Crippen LogP contribution in [0.5, 0.6) is 0 Å². The molecule has 0 aromatic heterocycles. The molecule has 0 aromatic carbocycles. The summed E-state index contributed by atoms with van der Waals surface area (Å²) in [6.07, 6.45) is 12.9. The highest BCUT2D eigenvalue weighted by molar-refractivity contribution is 4.93. The van der Waals surface area contributed by atoms with Crippen LogP contribution in [0.3, 0.4) is 0 Å². The van der Waals surface area contributed by atoms with Crippen molar-refractivity contribution in [3.63, 3.8) is 0 Å². The lowest BCUT2D eigenvalue weighted by molar-refractivity contribution is 0.0631. The number of nitrogens with one attached hydrogen (secondary N) is 1. The highest BCUT2D eigenvalue weighted by atomic mass is 16.5. The van der Waals surface area contributed by atoms with E-state index in [1.54, 1.807) is 0 Å². The van der Waals surface area contributed by atoms with Gasteiger partial charge < -0.3 is 10.1 Å². The molecule has 2 nitrogen and oxygen atoms in total. The van der Waals surface area contributed by atoms with Crippen LogP contribution in [0, 0.1) is 17.8 Å². The van der Waals surface area contributed by atoms with Gasteiger partial charge in [-0.1, -0.05) is 19.3 Å². The normalized spacial score (nSPS) is 36.3. The Morgan fingerprint density at radius 1 is 0.944 bits per heavy atom. The molecule has 0 spiro atoms.